The number of aryl methyl sites for hydroxylation is 2. The molecule has 27 heavy (non-hydrogen) atoms. The number of rotatable bonds is 5. The van der Waals surface area contributed by atoms with Crippen molar-refractivity contribution in [2.24, 2.45) is 0 Å². The highest BCUT2D eigenvalue weighted by molar-refractivity contribution is 5.97. The molecule has 0 saturated carbocycles. The van der Waals surface area contributed by atoms with Gasteiger partial charge in [-0.1, -0.05) is 0 Å². The van der Waals surface area contributed by atoms with Gasteiger partial charge in [0.05, 0.1) is 0 Å². The first-order valence-corrected chi connectivity index (χ1v) is 9.03. The van der Waals surface area contributed by atoms with E-state index in [2.05, 4.69) is 5.32 Å². The maximum absolute atomic E-state index is 11.8. The van der Waals surface area contributed by atoms with E-state index in [1.807, 2.05) is 12.1 Å². The zero-order chi connectivity index (χ0) is 18.8. The van der Waals surface area contributed by atoms with Crippen LogP contribution in [0.25, 0.3) is 11.0 Å². The van der Waals surface area contributed by atoms with Gasteiger partial charge in [-0.05, 0) is 37.5 Å². The van der Waals surface area contributed by atoms with Crippen molar-refractivity contribution in [2.75, 3.05) is 26.3 Å². The molecule has 1 fully saturated rings. The molecule has 1 saturated heterocycles. The molecule has 0 radical (unpaired) electrons. The van der Waals surface area contributed by atoms with E-state index in [-0.39, 0.29) is 13.2 Å². The number of nitrogens with one attached hydrogen (secondary N) is 1. The highest BCUT2D eigenvalue weighted by Gasteiger charge is 2.26. The fourth-order valence-electron chi connectivity index (χ4n) is 3.45. The van der Waals surface area contributed by atoms with Crippen molar-refractivity contribution >= 4 is 28.9 Å². The molecule has 0 bridgehead atoms. The van der Waals surface area contributed by atoms with Gasteiger partial charge in [-0.2, -0.15) is 0 Å². The van der Waals surface area contributed by atoms with Crippen molar-refractivity contribution in [2.45, 2.75) is 25.7 Å². The SMILES string of the molecule is O=C(COc1ccc2oc3c(c2c1)CCCC3)OCC(=O)N1CCNC1=O. The fraction of sp³-hybridized carbons (Fsp3) is 0.421. The van der Waals surface area contributed by atoms with Crippen LogP contribution in [0.15, 0.2) is 22.6 Å². The molecule has 0 unspecified atom stereocenters. The Morgan fingerprint density at radius 1 is 1.19 bits per heavy atom. The van der Waals surface area contributed by atoms with Gasteiger partial charge in [-0.3, -0.25) is 9.69 Å². The maximum Gasteiger partial charge on any atom is 0.344 e. The molecule has 142 valence electrons. The molecule has 0 spiro atoms. The van der Waals surface area contributed by atoms with Crippen molar-refractivity contribution in [3.63, 3.8) is 0 Å². The Kier molecular flexibility index (Phi) is 4.70. The molecular weight excluding hydrogens is 352 g/mol. The molecule has 8 heteroatoms. The summed E-state index contributed by atoms with van der Waals surface area (Å²) in [7, 11) is 0. The predicted octanol–water partition coefficient (Wildman–Crippen LogP) is 1.79. The maximum atomic E-state index is 11.8. The van der Waals surface area contributed by atoms with Crippen LogP contribution in [0.5, 0.6) is 5.75 Å². The lowest BCUT2D eigenvalue weighted by Gasteiger charge is -2.12. The smallest absolute Gasteiger partial charge is 0.344 e. The number of fused-ring (bicyclic) bond motifs is 3. The van der Waals surface area contributed by atoms with Gasteiger partial charge in [-0.15, -0.1) is 0 Å². The van der Waals surface area contributed by atoms with E-state index in [1.54, 1.807) is 6.07 Å². The van der Waals surface area contributed by atoms with Gasteiger partial charge >= 0.3 is 12.0 Å². The van der Waals surface area contributed by atoms with Crippen molar-refractivity contribution in [3.8, 4) is 5.75 Å². The molecule has 2 heterocycles. The number of imide groups is 1. The molecule has 0 atom stereocenters. The van der Waals surface area contributed by atoms with E-state index in [0.29, 0.717) is 12.3 Å². The Morgan fingerprint density at radius 3 is 2.85 bits per heavy atom. The molecule has 8 nitrogen and oxygen atoms in total. The van der Waals surface area contributed by atoms with Crippen LogP contribution in [-0.4, -0.2) is 49.1 Å². The van der Waals surface area contributed by atoms with E-state index in [9.17, 15) is 14.4 Å². The summed E-state index contributed by atoms with van der Waals surface area (Å²) in [5.41, 5.74) is 2.05. The molecule has 1 aromatic carbocycles. The fourth-order valence-corrected chi connectivity index (χ4v) is 3.45. The van der Waals surface area contributed by atoms with E-state index in [4.69, 9.17) is 13.9 Å². The van der Waals surface area contributed by atoms with Crippen LogP contribution < -0.4 is 10.1 Å². The Hall–Kier alpha value is -3.03. The summed E-state index contributed by atoms with van der Waals surface area (Å²) in [5.74, 6) is 0.359. The normalized spacial score (nSPS) is 16.1. The van der Waals surface area contributed by atoms with Gasteiger partial charge in [0, 0.05) is 30.5 Å². The van der Waals surface area contributed by atoms with E-state index >= 15 is 0 Å². The molecule has 1 aliphatic carbocycles. The van der Waals surface area contributed by atoms with Crippen molar-refractivity contribution in [3.05, 3.63) is 29.5 Å². The molecule has 1 N–H and O–H groups in total. The number of carbonyl (C=O) groups is 3. The largest absolute Gasteiger partial charge is 0.482 e. The van der Waals surface area contributed by atoms with Crippen molar-refractivity contribution in [1.82, 2.24) is 10.2 Å². The average Bonchev–Trinajstić information content (AvgIpc) is 3.27. The Morgan fingerprint density at radius 2 is 2.04 bits per heavy atom. The van der Waals surface area contributed by atoms with Gasteiger partial charge in [0.25, 0.3) is 5.91 Å². The van der Waals surface area contributed by atoms with E-state index in [1.165, 1.54) is 5.56 Å². The monoisotopic (exact) mass is 372 g/mol. The molecule has 1 aliphatic heterocycles. The van der Waals surface area contributed by atoms with Crippen LogP contribution in [0.2, 0.25) is 0 Å². The summed E-state index contributed by atoms with van der Waals surface area (Å²) in [4.78, 5) is 36.0. The number of hydrogen-bond acceptors (Lipinski definition) is 6. The second-order valence-corrected chi connectivity index (χ2v) is 6.60. The summed E-state index contributed by atoms with van der Waals surface area (Å²) in [6.45, 7) is -0.114. The number of benzene rings is 1. The second-order valence-electron chi connectivity index (χ2n) is 6.60. The Bertz CT molecular complexity index is 903. The number of furan rings is 1. The minimum atomic E-state index is -0.669. The molecule has 2 aliphatic rings. The van der Waals surface area contributed by atoms with Crippen LogP contribution in [0.3, 0.4) is 0 Å². The lowest BCUT2D eigenvalue weighted by atomic mass is 9.96. The number of ether oxygens (including phenoxy) is 2. The third-order valence-electron chi connectivity index (χ3n) is 4.80. The molecular formula is C19H20N2O6. The van der Waals surface area contributed by atoms with Gasteiger partial charge < -0.3 is 19.2 Å². The summed E-state index contributed by atoms with van der Waals surface area (Å²) < 4.78 is 16.3. The van der Waals surface area contributed by atoms with Crippen LogP contribution >= 0.6 is 0 Å². The Labute approximate surface area is 155 Å². The first-order valence-electron chi connectivity index (χ1n) is 9.03. The third-order valence-corrected chi connectivity index (χ3v) is 4.80. The molecule has 4 rings (SSSR count). The number of esters is 1. The number of hydrogen-bond donors (Lipinski definition) is 1. The number of carbonyl (C=O) groups excluding carboxylic acids is 3. The molecule has 1 aromatic heterocycles. The van der Waals surface area contributed by atoms with Crippen LogP contribution in [0.4, 0.5) is 4.79 Å². The van der Waals surface area contributed by atoms with Gasteiger partial charge in [-0.25, -0.2) is 9.59 Å². The molecule has 3 amide bonds. The lowest BCUT2D eigenvalue weighted by molar-refractivity contribution is -0.152. The summed E-state index contributed by atoms with van der Waals surface area (Å²) in [5, 5.41) is 3.53. The highest BCUT2D eigenvalue weighted by atomic mass is 16.6. The van der Waals surface area contributed by atoms with E-state index < -0.39 is 24.5 Å². The van der Waals surface area contributed by atoms with Gasteiger partial charge in [0.15, 0.2) is 13.2 Å². The number of nitrogens with zero attached hydrogens (tertiary/aromatic N) is 1. The summed E-state index contributed by atoms with van der Waals surface area (Å²) >= 11 is 0. The Balaban J connectivity index is 1.32. The third kappa shape index (κ3) is 3.60. The minimum absolute atomic E-state index is 0.279. The topological polar surface area (TPSA) is 98.1 Å². The predicted molar refractivity (Wildman–Crippen MR) is 94.4 cm³/mol. The zero-order valence-corrected chi connectivity index (χ0v) is 14.8. The standard InChI is InChI=1S/C19H20N2O6/c22-17(21-8-7-20-19(21)24)10-26-18(23)11-25-12-5-6-16-14(9-12)13-3-1-2-4-15(13)27-16/h5-6,9H,1-4,7-8,10-11H2,(H,20,24). The zero-order valence-electron chi connectivity index (χ0n) is 14.8. The van der Waals surface area contributed by atoms with E-state index in [0.717, 1.165) is 47.3 Å². The summed E-state index contributed by atoms with van der Waals surface area (Å²) in [6, 6.07) is 4.98. The van der Waals surface area contributed by atoms with Crippen LogP contribution in [-0.2, 0) is 27.2 Å². The van der Waals surface area contributed by atoms with Gasteiger partial charge in [0.2, 0.25) is 0 Å². The average molecular weight is 372 g/mol. The molecule has 2 aromatic rings. The minimum Gasteiger partial charge on any atom is -0.482 e. The number of urea groups is 1. The first-order chi connectivity index (χ1) is 13.1. The van der Waals surface area contributed by atoms with Crippen LogP contribution in [0.1, 0.15) is 24.2 Å². The van der Waals surface area contributed by atoms with Gasteiger partial charge in [0.1, 0.15) is 17.1 Å². The number of amides is 3. The highest BCUT2D eigenvalue weighted by Crippen LogP contribution is 2.33. The van der Waals surface area contributed by atoms with Crippen LogP contribution in [0, 0.1) is 0 Å². The first kappa shape index (κ1) is 17.4. The quantitative estimate of drug-likeness (QED) is 0.804. The second kappa shape index (κ2) is 7.30. The lowest BCUT2D eigenvalue weighted by Crippen LogP contribution is -2.37. The van der Waals surface area contributed by atoms with Crippen molar-refractivity contribution < 1.29 is 28.3 Å². The summed E-state index contributed by atoms with van der Waals surface area (Å²) in [6.07, 6.45) is 4.22. The van der Waals surface area contributed by atoms with Crippen molar-refractivity contribution in [1.29, 1.82) is 0 Å².